The molecule has 11 heteroatoms. The van der Waals surface area contributed by atoms with Crippen molar-refractivity contribution in [2.24, 2.45) is 11.8 Å². The zero-order valence-corrected chi connectivity index (χ0v) is 18.8. The van der Waals surface area contributed by atoms with Crippen LogP contribution in [0.3, 0.4) is 0 Å². The molecule has 5 rings (SSSR count). The highest BCUT2D eigenvalue weighted by atomic mass is 32.2. The Labute approximate surface area is 188 Å². The maximum absolute atomic E-state index is 12.7. The molecule has 1 saturated heterocycles. The standard InChI is InChI=1S/C20H22N8OS2/c1-27(16-13(7-21)8-23-17-15(16)3-4-22-17)14-5-11-9-28(10-12(11)6-14)20(29)25-18-24-19(30-2)26-31-18/h3-4,8,11-12,14H,5-6,9-10H2,1-2H3,(H,22,23)(H,24,25,26,29)/t11-,12?,14+/m0/s1. The summed E-state index contributed by atoms with van der Waals surface area (Å²) in [4.78, 5) is 28.6. The summed E-state index contributed by atoms with van der Waals surface area (Å²) < 4.78 is 4.19. The van der Waals surface area contributed by atoms with Gasteiger partial charge in [0.05, 0.1) is 11.3 Å². The molecule has 31 heavy (non-hydrogen) atoms. The van der Waals surface area contributed by atoms with Gasteiger partial charge >= 0.3 is 6.03 Å². The van der Waals surface area contributed by atoms with Crippen LogP contribution in [0.15, 0.2) is 23.6 Å². The zero-order valence-electron chi connectivity index (χ0n) is 17.2. The summed E-state index contributed by atoms with van der Waals surface area (Å²) in [7, 11) is 2.07. The predicted molar refractivity (Wildman–Crippen MR) is 121 cm³/mol. The lowest BCUT2D eigenvalue weighted by atomic mass is 10.0. The Hall–Kier alpha value is -2.84. The van der Waals surface area contributed by atoms with Crippen LogP contribution in [0, 0.1) is 23.2 Å². The number of carbonyl (C=O) groups excluding carboxylic acids is 1. The Morgan fingerprint density at radius 1 is 1.42 bits per heavy atom. The van der Waals surface area contributed by atoms with Crippen LogP contribution >= 0.6 is 23.3 Å². The van der Waals surface area contributed by atoms with Gasteiger partial charge in [-0.1, -0.05) is 11.8 Å². The van der Waals surface area contributed by atoms with Crippen molar-refractivity contribution in [2.45, 2.75) is 24.0 Å². The van der Waals surface area contributed by atoms with Crippen LogP contribution in [0.25, 0.3) is 11.0 Å². The van der Waals surface area contributed by atoms with Gasteiger partial charge < -0.3 is 14.8 Å². The van der Waals surface area contributed by atoms with Crippen LogP contribution in [0.5, 0.6) is 0 Å². The maximum atomic E-state index is 12.7. The minimum Gasteiger partial charge on any atom is -0.370 e. The third kappa shape index (κ3) is 3.59. The van der Waals surface area contributed by atoms with Crippen molar-refractivity contribution in [3.8, 4) is 6.07 Å². The number of nitrogens with zero attached hydrogens (tertiary/aromatic N) is 6. The number of aromatic nitrogens is 4. The summed E-state index contributed by atoms with van der Waals surface area (Å²) in [5.74, 6) is 0.923. The molecule has 1 aliphatic heterocycles. The minimum absolute atomic E-state index is 0.0990. The number of likely N-dealkylation sites (tertiary alicyclic amines) is 1. The number of anilines is 2. The van der Waals surface area contributed by atoms with Gasteiger partial charge in [0.1, 0.15) is 11.7 Å². The van der Waals surface area contributed by atoms with Crippen LogP contribution in [0.1, 0.15) is 18.4 Å². The van der Waals surface area contributed by atoms with Gasteiger partial charge in [-0.05, 0) is 37.0 Å². The molecule has 2 amide bonds. The molecular weight excluding hydrogens is 432 g/mol. The maximum Gasteiger partial charge on any atom is 0.323 e. The average Bonchev–Trinajstić information content (AvgIpc) is 3.54. The first-order valence-electron chi connectivity index (χ1n) is 10.1. The van der Waals surface area contributed by atoms with E-state index in [4.69, 9.17) is 0 Å². The molecule has 0 radical (unpaired) electrons. The smallest absolute Gasteiger partial charge is 0.323 e. The van der Waals surface area contributed by atoms with Crippen LogP contribution < -0.4 is 10.2 Å². The number of nitriles is 1. The van der Waals surface area contributed by atoms with Crippen LogP contribution in [0.4, 0.5) is 15.6 Å². The summed E-state index contributed by atoms with van der Waals surface area (Å²) in [6.07, 6.45) is 7.41. The van der Waals surface area contributed by atoms with E-state index >= 15 is 0 Å². The number of thioether (sulfide) groups is 1. The fourth-order valence-electron chi connectivity index (χ4n) is 4.90. The molecule has 160 valence electrons. The van der Waals surface area contributed by atoms with Gasteiger partial charge in [-0.25, -0.2) is 9.78 Å². The van der Waals surface area contributed by atoms with Crippen molar-refractivity contribution in [1.82, 2.24) is 24.2 Å². The van der Waals surface area contributed by atoms with Gasteiger partial charge in [0.2, 0.25) is 10.3 Å². The van der Waals surface area contributed by atoms with Gasteiger partial charge in [0, 0.05) is 55.5 Å². The van der Waals surface area contributed by atoms with Gasteiger partial charge in [-0.3, -0.25) is 5.32 Å². The molecule has 0 aromatic carbocycles. The molecule has 2 aliphatic rings. The number of fused-ring (bicyclic) bond motifs is 2. The number of hydrogen-bond donors (Lipinski definition) is 2. The molecule has 0 spiro atoms. The van der Waals surface area contributed by atoms with Crippen LogP contribution in [0.2, 0.25) is 0 Å². The van der Waals surface area contributed by atoms with Gasteiger partial charge in [0.25, 0.3) is 0 Å². The molecule has 1 unspecified atom stereocenters. The number of amides is 2. The van der Waals surface area contributed by atoms with E-state index in [1.54, 1.807) is 6.20 Å². The topological polar surface area (TPSA) is 114 Å². The molecule has 4 heterocycles. The summed E-state index contributed by atoms with van der Waals surface area (Å²) >= 11 is 2.67. The van der Waals surface area contributed by atoms with E-state index in [1.165, 1.54) is 23.3 Å². The van der Waals surface area contributed by atoms with E-state index < -0.39 is 0 Å². The van der Waals surface area contributed by atoms with Crippen molar-refractivity contribution < 1.29 is 4.79 Å². The Kier molecular flexibility index (Phi) is 5.19. The lowest BCUT2D eigenvalue weighted by Gasteiger charge is -2.29. The van der Waals surface area contributed by atoms with Crippen LogP contribution in [-0.4, -0.2) is 62.7 Å². The lowest BCUT2D eigenvalue weighted by Crippen LogP contribution is -2.36. The van der Waals surface area contributed by atoms with E-state index in [9.17, 15) is 10.1 Å². The molecular formula is C20H22N8OS2. The number of urea groups is 1. The summed E-state index contributed by atoms with van der Waals surface area (Å²) in [6.45, 7) is 1.49. The van der Waals surface area contributed by atoms with E-state index in [2.05, 4.69) is 42.7 Å². The molecule has 9 nitrogen and oxygen atoms in total. The third-order valence-electron chi connectivity index (χ3n) is 6.40. The first-order valence-corrected chi connectivity index (χ1v) is 12.1. The number of pyridine rings is 1. The Balaban J connectivity index is 1.26. The number of nitrogens with one attached hydrogen (secondary N) is 2. The summed E-state index contributed by atoms with van der Waals surface area (Å²) in [5.41, 5.74) is 2.33. The van der Waals surface area contributed by atoms with Crippen LogP contribution in [-0.2, 0) is 0 Å². The quantitative estimate of drug-likeness (QED) is 0.581. The second kappa shape index (κ2) is 8.01. The minimum atomic E-state index is -0.0990. The third-order valence-corrected chi connectivity index (χ3v) is 7.69. The van der Waals surface area contributed by atoms with Crippen molar-refractivity contribution in [3.05, 3.63) is 24.0 Å². The van der Waals surface area contributed by atoms with Gasteiger partial charge in [0.15, 0.2) is 0 Å². The zero-order chi connectivity index (χ0) is 21.5. The fourth-order valence-corrected chi connectivity index (χ4v) is 6.02. The predicted octanol–water partition coefficient (Wildman–Crippen LogP) is 3.39. The molecule has 1 saturated carbocycles. The highest BCUT2D eigenvalue weighted by Gasteiger charge is 2.44. The molecule has 3 atom stereocenters. The first-order chi connectivity index (χ1) is 15.1. The Morgan fingerprint density at radius 3 is 2.87 bits per heavy atom. The molecule has 0 bridgehead atoms. The SMILES string of the molecule is CSc1nsc(NC(=O)N2CC3C[C@H](N(C)c4c(C#N)cnc5[nH]ccc45)C[C@H]3C2)n1. The van der Waals surface area contributed by atoms with E-state index in [1.807, 2.05) is 23.4 Å². The number of H-pyrrole nitrogens is 1. The Bertz CT molecular complexity index is 1150. The average molecular weight is 455 g/mol. The van der Waals surface area contributed by atoms with Gasteiger partial charge in [-0.15, -0.1) is 0 Å². The van der Waals surface area contributed by atoms with Crippen molar-refractivity contribution >= 4 is 51.2 Å². The number of hydrogen-bond acceptors (Lipinski definition) is 8. The van der Waals surface area contributed by atoms with E-state index in [0.717, 1.165) is 42.7 Å². The summed E-state index contributed by atoms with van der Waals surface area (Å²) in [5, 5.41) is 14.7. The van der Waals surface area contributed by atoms with Crippen molar-refractivity contribution in [1.29, 1.82) is 5.26 Å². The fraction of sp³-hybridized carbons (Fsp3) is 0.450. The molecule has 1 aliphatic carbocycles. The highest BCUT2D eigenvalue weighted by Crippen LogP contribution is 2.42. The molecule has 3 aromatic rings. The number of aromatic amines is 1. The second-order valence-electron chi connectivity index (χ2n) is 8.05. The largest absolute Gasteiger partial charge is 0.370 e. The van der Waals surface area contributed by atoms with Gasteiger partial charge in [-0.2, -0.15) is 14.6 Å². The number of rotatable bonds is 4. The molecule has 2 N–H and O–H groups in total. The second-order valence-corrected chi connectivity index (χ2v) is 9.58. The van der Waals surface area contributed by atoms with E-state index in [-0.39, 0.29) is 6.03 Å². The van der Waals surface area contributed by atoms with Crippen molar-refractivity contribution in [3.63, 3.8) is 0 Å². The summed E-state index contributed by atoms with van der Waals surface area (Å²) in [6, 6.07) is 4.51. The monoisotopic (exact) mass is 454 g/mol. The number of carbonyl (C=O) groups is 1. The first kappa shape index (κ1) is 20.1. The van der Waals surface area contributed by atoms with Crippen molar-refractivity contribution in [2.75, 3.05) is 36.6 Å². The highest BCUT2D eigenvalue weighted by molar-refractivity contribution is 7.98. The Morgan fingerprint density at radius 2 is 2.19 bits per heavy atom. The normalized spacial score (nSPS) is 22.5. The van der Waals surface area contributed by atoms with E-state index in [0.29, 0.717) is 33.7 Å². The lowest BCUT2D eigenvalue weighted by molar-refractivity contribution is 0.218. The molecule has 3 aromatic heterocycles. The molecule has 2 fully saturated rings.